The van der Waals surface area contributed by atoms with Crippen LogP contribution in [0.3, 0.4) is 0 Å². The van der Waals surface area contributed by atoms with Crippen molar-refractivity contribution in [2.24, 2.45) is 5.41 Å². The van der Waals surface area contributed by atoms with Gasteiger partial charge in [-0.05, 0) is 36.3 Å². The molecule has 20 heavy (non-hydrogen) atoms. The highest BCUT2D eigenvalue weighted by molar-refractivity contribution is 5.37. The third-order valence-corrected chi connectivity index (χ3v) is 5.09. The van der Waals surface area contributed by atoms with Crippen molar-refractivity contribution >= 4 is 0 Å². The Labute approximate surface area is 122 Å². The summed E-state index contributed by atoms with van der Waals surface area (Å²) in [5.74, 6) is 1.71. The van der Waals surface area contributed by atoms with Gasteiger partial charge >= 0.3 is 0 Å². The smallest absolute Gasteiger partial charge is 0.122 e. The van der Waals surface area contributed by atoms with Crippen molar-refractivity contribution in [1.29, 1.82) is 0 Å². The first kappa shape index (κ1) is 13.9. The van der Waals surface area contributed by atoms with E-state index in [9.17, 15) is 0 Å². The van der Waals surface area contributed by atoms with Gasteiger partial charge in [0.15, 0.2) is 0 Å². The lowest BCUT2D eigenvalue weighted by atomic mass is 9.75. The Bertz CT molecular complexity index is 437. The van der Waals surface area contributed by atoms with Gasteiger partial charge in [-0.25, -0.2) is 0 Å². The molecular formula is C18H27NO. The van der Waals surface area contributed by atoms with Crippen LogP contribution in [0.25, 0.3) is 0 Å². The molecule has 2 heteroatoms. The number of benzene rings is 1. The molecule has 1 saturated carbocycles. The van der Waals surface area contributed by atoms with Gasteiger partial charge in [0, 0.05) is 19.0 Å². The van der Waals surface area contributed by atoms with Crippen LogP contribution in [0.2, 0.25) is 0 Å². The van der Waals surface area contributed by atoms with E-state index in [4.69, 9.17) is 4.74 Å². The molecule has 1 atom stereocenters. The molecule has 2 aliphatic rings. The first-order valence-corrected chi connectivity index (χ1v) is 8.19. The number of para-hydroxylation sites is 1. The highest BCUT2D eigenvalue weighted by Crippen LogP contribution is 2.36. The minimum absolute atomic E-state index is 0.531. The monoisotopic (exact) mass is 273 g/mol. The first-order valence-electron chi connectivity index (χ1n) is 8.19. The second-order valence-electron chi connectivity index (χ2n) is 6.87. The third kappa shape index (κ3) is 3.17. The highest BCUT2D eigenvalue weighted by Gasteiger charge is 2.27. The lowest BCUT2D eigenvalue weighted by Crippen LogP contribution is -2.36. The third-order valence-electron chi connectivity index (χ3n) is 5.09. The predicted octanol–water partition coefficient (Wildman–Crippen LogP) is 4.11. The second-order valence-corrected chi connectivity index (χ2v) is 6.87. The Morgan fingerprint density at radius 3 is 2.85 bits per heavy atom. The van der Waals surface area contributed by atoms with Gasteiger partial charge in [-0.15, -0.1) is 0 Å². The molecule has 0 saturated heterocycles. The molecule has 1 aromatic carbocycles. The van der Waals surface area contributed by atoms with E-state index in [-0.39, 0.29) is 0 Å². The van der Waals surface area contributed by atoms with Crippen molar-refractivity contribution in [3.63, 3.8) is 0 Å². The Balaban J connectivity index is 1.54. The van der Waals surface area contributed by atoms with Crippen LogP contribution in [-0.2, 0) is 0 Å². The molecule has 0 bridgehead atoms. The maximum Gasteiger partial charge on any atom is 0.122 e. The molecular weight excluding hydrogens is 246 g/mol. The fourth-order valence-corrected chi connectivity index (χ4v) is 3.76. The van der Waals surface area contributed by atoms with E-state index in [2.05, 4.69) is 36.5 Å². The van der Waals surface area contributed by atoms with Crippen LogP contribution in [0.15, 0.2) is 24.3 Å². The standard InChI is InChI=1S/C18H27NO/c1-18(10-5-2-6-11-18)14-19-13-15-9-12-20-17-8-4-3-7-16(15)17/h3-4,7-8,15,19H,2,5-6,9-14H2,1H3. The summed E-state index contributed by atoms with van der Waals surface area (Å²) in [4.78, 5) is 0. The van der Waals surface area contributed by atoms with E-state index in [1.165, 1.54) is 44.2 Å². The van der Waals surface area contributed by atoms with Crippen molar-refractivity contribution in [3.05, 3.63) is 29.8 Å². The van der Waals surface area contributed by atoms with E-state index in [0.717, 1.165) is 25.3 Å². The van der Waals surface area contributed by atoms with Crippen molar-refractivity contribution in [2.75, 3.05) is 19.7 Å². The van der Waals surface area contributed by atoms with Gasteiger partial charge < -0.3 is 10.1 Å². The quantitative estimate of drug-likeness (QED) is 0.891. The summed E-state index contributed by atoms with van der Waals surface area (Å²) in [7, 11) is 0. The molecule has 0 amide bonds. The largest absolute Gasteiger partial charge is 0.493 e. The average molecular weight is 273 g/mol. The fraction of sp³-hybridized carbons (Fsp3) is 0.667. The summed E-state index contributed by atoms with van der Waals surface area (Å²) >= 11 is 0. The molecule has 0 radical (unpaired) electrons. The normalized spacial score (nSPS) is 24.8. The minimum Gasteiger partial charge on any atom is -0.493 e. The second kappa shape index (κ2) is 6.17. The summed E-state index contributed by atoms with van der Waals surface area (Å²) in [5, 5.41) is 3.75. The minimum atomic E-state index is 0.531. The van der Waals surface area contributed by atoms with Crippen molar-refractivity contribution in [1.82, 2.24) is 5.32 Å². The lowest BCUT2D eigenvalue weighted by Gasteiger charge is -2.35. The molecule has 1 heterocycles. The van der Waals surface area contributed by atoms with Gasteiger partial charge in [0.1, 0.15) is 5.75 Å². The summed E-state index contributed by atoms with van der Waals surface area (Å²) in [6, 6.07) is 8.52. The maximum absolute atomic E-state index is 5.74. The molecule has 1 aromatic rings. The van der Waals surface area contributed by atoms with Gasteiger partial charge in [-0.1, -0.05) is 44.4 Å². The number of rotatable bonds is 4. The number of fused-ring (bicyclic) bond motifs is 1. The molecule has 1 unspecified atom stereocenters. The molecule has 1 N–H and O–H groups in total. The zero-order chi connectivity index (χ0) is 13.8. The van der Waals surface area contributed by atoms with Crippen LogP contribution in [0, 0.1) is 5.41 Å². The summed E-state index contributed by atoms with van der Waals surface area (Å²) in [5.41, 5.74) is 1.92. The van der Waals surface area contributed by atoms with Crippen molar-refractivity contribution < 1.29 is 4.74 Å². The molecule has 1 fully saturated rings. The van der Waals surface area contributed by atoms with Crippen LogP contribution in [0.5, 0.6) is 5.75 Å². The molecule has 2 nitrogen and oxygen atoms in total. The number of nitrogens with one attached hydrogen (secondary N) is 1. The Hall–Kier alpha value is -1.02. The maximum atomic E-state index is 5.74. The average Bonchev–Trinajstić information content (AvgIpc) is 2.48. The van der Waals surface area contributed by atoms with Crippen LogP contribution in [-0.4, -0.2) is 19.7 Å². The Morgan fingerprint density at radius 1 is 1.20 bits per heavy atom. The van der Waals surface area contributed by atoms with Crippen LogP contribution >= 0.6 is 0 Å². The van der Waals surface area contributed by atoms with Crippen molar-refractivity contribution in [3.8, 4) is 5.75 Å². The van der Waals surface area contributed by atoms with Crippen molar-refractivity contribution in [2.45, 2.75) is 51.4 Å². The summed E-state index contributed by atoms with van der Waals surface area (Å²) in [6.45, 7) is 5.58. The van der Waals surface area contributed by atoms with E-state index >= 15 is 0 Å². The van der Waals surface area contributed by atoms with Gasteiger partial charge in [0.25, 0.3) is 0 Å². The van der Waals surface area contributed by atoms with E-state index in [1.54, 1.807) is 0 Å². The molecule has 0 spiro atoms. The number of hydrogen-bond acceptors (Lipinski definition) is 2. The fourth-order valence-electron chi connectivity index (χ4n) is 3.76. The molecule has 0 aromatic heterocycles. The topological polar surface area (TPSA) is 21.3 Å². The van der Waals surface area contributed by atoms with E-state index < -0.39 is 0 Å². The first-order chi connectivity index (χ1) is 9.77. The molecule has 1 aliphatic heterocycles. The van der Waals surface area contributed by atoms with Gasteiger partial charge in [-0.2, -0.15) is 0 Å². The molecule has 110 valence electrons. The summed E-state index contributed by atoms with van der Waals surface area (Å²) in [6.07, 6.45) is 8.19. The van der Waals surface area contributed by atoms with Crippen LogP contribution in [0.1, 0.15) is 56.9 Å². The SMILES string of the molecule is CC1(CNCC2CCOc3ccccc32)CCCCC1. The van der Waals surface area contributed by atoms with Crippen LogP contribution < -0.4 is 10.1 Å². The Morgan fingerprint density at radius 2 is 2.00 bits per heavy atom. The van der Waals surface area contributed by atoms with Gasteiger partial charge in [0.2, 0.25) is 0 Å². The predicted molar refractivity (Wildman–Crippen MR) is 83.4 cm³/mol. The van der Waals surface area contributed by atoms with E-state index in [1.807, 2.05) is 0 Å². The highest BCUT2D eigenvalue weighted by atomic mass is 16.5. The van der Waals surface area contributed by atoms with Crippen LogP contribution in [0.4, 0.5) is 0 Å². The summed E-state index contributed by atoms with van der Waals surface area (Å²) < 4.78 is 5.74. The molecule has 1 aliphatic carbocycles. The molecule has 3 rings (SSSR count). The van der Waals surface area contributed by atoms with E-state index in [0.29, 0.717) is 11.3 Å². The Kier molecular flexibility index (Phi) is 4.30. The number of ether oxygens (including phenoxy) is 1. The zero-order valence-corrected chi connectivity index (χ0v) is 12.7. The van der Waals surface area contributed by atoms with Gasteiger partial charge in [0.05, 0.1) is 6.61 Å². The number of hydrogen-bond donors (Lipinski definition) is 1. The van der Waals surface area contributed by atoms with Gasteiger partial charge in [-0.3, -0.25) is 0 Å². The zero-order valence-electron chi connectivity index (χ0n) is 12.7. The lowest BCUT2D eigenvalue weighted by molar-refractivity contribution is 0.203.